The summed E-state index contributed by atoms with van der Waals surface area (Å²) in [5, 5.41) is 3.14. The summed E-state index contributed by atoms with van der Waals surface area (Å²) in [4.78, 5) is 2.34. The quantitative estimate of drug-likeness (QED) is 0.767. The molecule has 0 radical (unpaired) electrons. The van der Waals surface area contributed by atoms with Crippen LogP contribution in [0.2, 0.25) is 0 Å². The van der Waals surface area contributed by atoms with E-state index in [4.69, 9.17) is 0 Å². The van der Waals surface area contributed by atoms with E-state index in [0.29, 0.717) is 4.90 Å². The molecule has 0 aliphatic carbocycles. The van der Waals surface area contributed by atoms with Gasteiger partial charge in [-0.15, -0.1) is 0 Å². The van der Waals surface area contributed by atoms with Crippen LogP contribution in [0.4, 0.5) is 5.69 Å². The average molecular weight is 299 g/mol. The summed E-state index contributed by atoms with van der Waals surface area (Å²) in [6.07, 6.45) is 0.779. The Morgan fingerprint density at radius 2 is 1.80 bits per heavy atom. The van der Waals surface area contributed by atoms with Gasteiger partial charge in [-0.25, -0.2) is 13.1 Å². The summed E-state index contributed by atoms with van der Waals surface area (Å²) in [6.45, 7) is 5.54. The van der Waals surface area contributed by atoms with Gasteiger partial charge in [0.05, 0.1) is 4.90 Å². The van der Waals surface area contributed by atoms with Crippen LogP contribution in [-0.4, -0.2) is 46.5 Å². The van der Waals surface area contributed by atoms with Crippen molar-refractivity contribution in [1.29, 1.82) is 0 Å². The predicted octanol–water partition coefficient (Wildman–Crippen LogP) is 1.74. The van der Waals surface area contributed by atoms with Gasteiger partial charge in [0.2, 0.25) is 10.0 Å². The molecule has 1 aromatic carbocycles. The van der Waals surface area contributed by atoms with E-state index in [1.165, 1.54) is 0 Å². The van der Waals surface area contributed by atoms with Crippen molar-refractivity contribution in [2.45, 2.75) is 31.2 Å². The summed E-state index contributed by atoms with van der Waals surface area (Å²) < 4.78 is 27.1. The fourth-order valence-corrected chi connectivity index (χ4v) is 3.08. The van der Waals surface area contributed by atoms with Crippen LogP contribution in [0.3, 0.4) is 0 Å². The number of nitrogens with one attached hydrogen (secondary N) is 2. The second kappa shape index (κ2) is 7.61. The minimum Gasteiger partial charge on any atom is -0.385 e. The Labute approximate surface area is 122 Å². The number of sulfonamides is 1. The van der Waals surface area contributed by atoms with Gasteiger partial charge in [0.15, 0.2) is 0 Å². The van der Waals surface area contributed by atoms with E-state index in [0.717, 1.165) is 25.2 Å². The number of hydrogen-bond donors (Lipinski definition) is 2. The highest BCUT2D eigenvalue weighted by Gasteiger charge is 2.17. The van der Waals surface area contributed by atoms with E-state index >= 15 is 0 Å². The first-order valence-electron chi connectivity index (χ1n) is 6.86. The van der Waals surface area contributed by atoms with Gasteiger partial charge >= 0.3 is 0 Å². The smallest absolute Gasteiger partial charge is 0.240 e. The van der Waals surface area contributed by atoms with Gasteiger partial charge in [0.1, 0.15) is 0 Å². The lowest BCUT2D eigenvalue weighted by Gasteiger charge is -2.17. The number of anilines is 1. The van der Waals surface area contributed by atoms with Gasteiger partial charge in [0.25, 0.3) is 0 Å². The summed E-state index contributed by atoms with van der Waals surface area (Å²) in [6, 6.07) is 6.72. The summed E-state index contributed by atoms with van der Waals surface area (Å²) in [5.74, 6) is 0. The maximum atomic E-state index is 12.2. The van der Waals surface area contributed by atoms with Crippen molar-refractivity contribution in [3.05, 3.63) is 24.3 Å². The summed E-state index contributed by atoms with van der Waals surface area (Å²) in [5.41, 5.74) is 0.923. The molecule has 0 heterocycles. The standard InChI is InChI=1S/C14H25N3O2S/c1-5-15-13-6-8-14(9-7-13)20(18,19)16-12(2)10-11-17(3)4/h6-9,12,15-16H,5,10-11H2,1-4H3. The molecule has 1 rings (SSSR count). The van der Waals surface area contributed by atoms with Gasteiger partial charge in [-0.1, -0.05) is 0 Å². The normalized spacial score (nSPS) is 13.4. The van der Waals surface area contributed by atoms with Crippen molar-refractivity contribution >= 4 is 15.7 Å². The van der Waals surface area contributed by atoms with Crippen LogP contribution in [0.1, 0.15) is 20.3 Å². The molecule has 0 aliphatic heterocycles. The van der Waals surface area contributed by atoms with E-state index in [9.17, 15) is 8.42 Å². The fourth-order valence-electron chi connectivity index (χ4n) is 1.80. The topological polar surface area (TPSA) is 61.4 Å². The van der Waals surface area contributed by atoms with Crippen molar-refractivity contribution in [3.8, 4) is 0 Å². The zero-order chi connectivity index (χ0) is 15.2. The number of hydrogen-bond acceptors (Lipinski definition) is 4. The number of benzene rings is 1. The molecule has 0 bridgehead atoms. The Morgan fingerprint density at radius 3 is 2.30 bits per heavy atom. The molecule has 0 spiro atoms. The molecule has 114 valence electrons. The van der Waals surface area contributed by atoms with Crippen LogP contribution in [0.15, 0.2) is 29.2 Å². The van der Waals surface area contributed by atoms with Crippen LogP contribution < -0.4 is 10.0 Å². The van der Waals surface area contributed by atoms with E-state index < -0.39 is 10.0 Å². The Bertz CT molecular complexity index is 498. The van der Waals surface area contributed by atoms with Crippen molar-refractivity contribution < 1.29 is 8.42 Å². The largest absolute Gasteiger partial charge is 0.385 e. The minimum atomic E-state index is -3.44. The van der Waals surface area contributed by atoms with Crippen molar-refractivity contribution in [1.82, 2.24) is 9.62 Å². The Kier molecular flexibility index (Phi) is 6.45. The first-order chi connectivity index (χ1) is 9.35. The van der Waals surface area contributed by atoms with Crippen LogP contribution in [0, 0.1) is 0 Å². The zero-order valence-corrected chi connectivity index (χ0v) is 13.5. The molecule has 0 saturated carbocycles. The summed E-state index contributed by atoms with van der Waals surface area (Å²) >= 11 is 0. The molecule has 20 heavy (non-hydrogen) atoms. The second-order valence-corrected chi connectivity index (χ2v) is 6.88. The lowest BCUT2D eigenvalue weighted by atomic mass is 10.2. The third-order valence-corrected chi connectivity index (χ3v) is 4.52. The van der Waals surface area contributed by atoms with Crippen molar-refractivity contribution in [3.63, 3.8) is 0 Å². The van der Waals surface area contributed by atoms with Crippen molar-refractivity contribution in [2.24, 2.45) is 0 Å². The average Bonchev–Trinajstić information content (AvgIpc) is 2.37. The van der Waals surface area contributed by atoms with E-state index in [-0.39, 0.29) is 6.04 Å². The maximum Gasteiger partial charge on any atom is 0.240 e. The first kappa shape index (κ1) is 16.9. The summed E-state index contributed by atoms with van der Waals surface area (Å²) in [7, 11) is 0.510. The lowest BCUT2D eigenvalue weighted by Crippen LogP contribution is -2.34. The third-order valence-electron chi connectivity index (χ3n) is 2.91. The zero-order valence-electron chi connectivity index (χ0n) is 12.7. The molecule has 1 unspecified atom stereocenters. The monoisotopic (exact) mass is 299 g/mol. The minimum absolute atomic E-state index is 0.0872. The predicted molar refractivity (Wildman–Crippen MR) is 83.6 cm³/mol. The highest BCUT2D eigenvalue weighted by molar-refractivity contribution is 7.89. The third kappa shape index (κ3) is 5.48. The molecule has 0 fully saturated rings. The van der Waals surface area contributed by atoms with Crippen LogP contribution in [0.25, 0.3) is 0 Å². The molecule has 1 aromatic rings. The van der Waals surface area contributed by atoms with Crippen LogP contribution >= 0.6 is 0 Å². The molecule has 6 heteroatoms. The van der Waals surface area contributed by atoms with Gasteiger partial charge in [0, 0.05) is 18.3 Å². The van der Waals surface area contributed by atoms with Gasteiger partial charge in [-0.2, -0.15) is 0 Å². The molecule has 0 saturated heterocycles. The van der Waals surface area contributed by atoms with Crippen LogP contribution in [-0.2, 0) is 10.0 Å². The highest BCUT2D eigenvalue weighted by Crippen LogP contribution is 2.14. The van der Waals surface area contributed by atoms with Gasteiger partial charge < -0.3 is 10.2 Å². The molecular formula is C14H25N3O2S. The number of nitrogens with zero attached hydrogens (tertiary/aromatic N) is 1. The molecular weight excluding hydrogens is 274 g/mol. The molecule has 1 atom stereocenters. The Hall–Kier alpha value is -1.11. The first-order valence-corrected chi connectivity index (χ1v) is 8.34. The highest BCUT2D eigenvalue weighted by atomic mass is 32.2. The Balaban J connectivity index is 2.68. The molecule has 5 nitrogen and oxygen atoms in total. The molecule has 0 aliphatic rings. The van der Waals surface area contributed by atoms with Crippen molar-refractivity contribution in [2.75, 3.05) is 32.5 Å². The lowest BCUT2D eigenvalue weighted by molar-refractivity contribution is 0.379. The second-order valence-electron chi connectivity index (χ2n) is 5.17. The van der Waals surface area contributed by atoms with Crippen LogP contribution in [0.5, 0.6) is 0 Å². The fraction of sp³-hybridized carbons (Fsp3) is 0.571. The van der Waals surface area contributed by atoms with E-state index in [1.54, 1.807) is 24.3 Å². The van der Waals surface area contributed by atoms with E-state index in [2.05, 4.69) is 10.0 Å². The Morgan fingerprint density at radius 1 is 1.20 bits per heavy atom. The van der Waals surface area contributed by atoms with E-state index in [1.807, 2.05) is 32.8 Å². The van der Waals surface area contributed by atoms with Gasteiger partial charge in [-0.05, 0) is 65.2 Å². The number of rotatable bonds is 8. The SMILES string of the molecule is CCNc1ccc(S(=O)(=O)NC(C)CCN(C)C)cc1. The van der Waals surface area contributed by atoms with Gasteiger partial charge in [-0.3, -0.25) is 0 Å². The molecule has 0 amide bonds. The maximum absolute atomic E-state index is 12.2. The molecule has 2 N–H and O–H groups in total. The molecule has 0 aromatic heterocycles.